The number of para-hydroxylation sites is 1. The van der Waals surface area contributed by atoms with E-state index in [4.69, 9.17) is 16.3 Å². The number of rotatable bonds is 7. The highest BCUT2D eigenvalue weighted by Gasteiger charge is 2.33. The van der Waals surface area contributed by atoms with E-state index in [-0.39, 0.29) is 10.7 Å². The van der Waals surface area contributed by atoms with Crippen molar-refractivity contribution in [3.63, 3.8) is 0 Å². The summed E-state index contributed by atoms with van der Waals surface area (Å²) >= 11 is 5.94. The van der Waals surface area contributed by atoms with Crippen molar-refractivity contribution in [3.05, 3.63) is 63.7 Å². The molecule has 0 amide bonds. The second kappa shape index (κ2) is 8.36. The Bertz CT molecular complexity index is 961. The Kier molecular flexibility index (Phi) is 6.40. The van der Waals surface area contributed by atoms with Gasteiger partial charge in [0.25, 0.3) is 15.7 Å². The summed E-state index contributed by atoms with van der Waals surface area (Å²) in [5, 5.41) is 11.5. The minimum Gasteiger partial charge on any atom is -0.462 e. The molecule has 0 fully saturated rings. The summed E-state index contributed by atoms with van der Waals surface area (Å²) in [5.41, 5.74) is -0.511. The van der Waals surface area contributed by atoms with E-state index in [1.807, 2.05) is 0 Å². The molecule has 0 aromatic heterocycles. The van der Waals surface area contributed by atoms with Crippen LogP contribution in [0.15, 0.2) is 53.4 Å². The Balaban J connectivity index is 2.58. The topological polar surface area (TPSA) is 107 Å². The lowest BCUT2D eigenvalue weighted by Gasteiger charge is -2.24. The lowest BCUT2D eigenvalue weighted by Crippen LogP contribution is -2.37. The first kappa shape index (κ1) is 20.7. The Morgan fingerprint density at radius 2 is 1.89 bits per heavy atom. The summed E-state index contributed by atoms with van der Waals surface area (Å²) in [7, 11) is -4.45. The molecule has 2 aromatic carbocycles. The Labute approximate surface area is 161 Å². The second-order valence-electron chi connectivity index (χ2n) is 5.76. The van der Waals surface area contributed by atoms with Crippen molar-refractivity contribution in [1.82, 2.24) is 0 Å². The average molecular weight is 413 g/mol. The molecule has 144 valence electrons. The van der Waals surface area contributed by atoms with Gasteiger partial charge in [0.2, 0.25) is 0 Å². The molecule has 0 radical (unpaired) electrons. The van der Waals surface area contributed by atoms with Crippen molar-refractivity contribution in [2.45, 2.75) is 24.8 Å². The van der Waals surface area contributed by atoms with Gasteiger partial charge in [0.1, 0.15) is 6.54 Å². The SMILES string of the molecule is CC(C)OC(=O)CN(c1cccc(Cl)c1)S(=O)(=O)c1ccccc1[N+](=O)[O-]. The number of ether oxygens (including phenoxy) is 1. The molecule has 0 aliphatic heterocycles. The van der Waals surface area contributed by atoms with Crippen LogP contribution in [0, 0.1) is 10.1 Å². The maximum absolute atomic E-state index is 13.2. The van der Waals surface area contributed by atoms with Gasteiger partial charge in [-0.1, -0.05) is 29.8 Å². The van der Waals surface area contributed by atoms with Gasteiger partial charge in [-0.3, -0.25) is 19.2 Å². The summed E-state index contributed by atoms with van der Waals surface area (Å²) in [4.78, 5) is 22.1. The fraction of sp³-hybridized carbons (Fsp3) is 0.235. The summed E-state index contributed by atoms with van der Waals surface area (Å²) in [6.07, 6.45) is -0.451. The molecular weight excluding hydrogens is 396 g/mol. The molecule has 0 aliphatic rings. The van der Waals surface area contributed by atoms with Crippen LogP contribution in [0.1, 0.15) is 13.8 Å². The van der Waals surface area contributed by atoms with Crippen LogP contribution in [0.25, 0.3) is 0 Å². The zero-order valence-electron chi connectivity index (χ0n) is 14.5. The van der Waals surface area contributed by atoms with E-state index in [0.717, 1.165) is 16.4 Å². The van der Waals surface area contributed by atoms with Gasteiger partial charge in [0.05, 0.1) is 16.7 Å². The number of sulfonamides is 1. The van der Waals surface area contributed by atoms with Gasteiger partial charge in [-0.05, 0) is 38.1 Å². The lowest BCUT2D eigenvalue weighted by atomic mass is 10.3. The molecule has 0 unspecified atom stereocenters. The molecule has 10 heteroatoms. The summed E-state index contributed by atoms with van der Waals surface area (Å²) in [6, 6.07) is 10.7. The highest BCUT2D eigenvalue weighted by atomic mass is 35.5. The molecule has 0 atom stereocenters. The molecule has 0 heterocycles. The fourth-order valence-corrected chi connectivity index (χ4v) is 4.05. The van der Waals surface area contributed by atoms with E-state index in [9.17, 15) is 23.3 Å². The number of nitro groups is 1. The number of nitro benzene ring substituents is 1. The number of nitrogens with zero attached hydrogens (tertiary/aromatic N) is 2. The average Bonchev–Trinajstić information content (AvgIpc) is 2.59. The molecule has 27 heavy (non-hydrogen) atoms. The number of esters is 1. The number of hydrogen-bond acceptors (Lipinski definition) is 6. The lowest BCUT2D eigenvalue weighted by molar-refractivity contribution is -0.387. The van der Waals surface area contributed by atoms with Crippen LogP contribution in [0.2, 0.25) is 5.02 Å². The van der Waals surface area contributed by atoms with Gasteiger partial charge < -0.3 is 4.74 Å². The van der Waals surface area contributed by atoms with Crippen LogP contribution in [0.3, 0.4) is 0 Å². The van der Waals surface area contributed by atoms with Crippen LogP contribution in [0.4, 0.5) is 11.4 Å². The van der Waals surface area contributed by atoms with Crippen molar-refractivity contribution in [3.8, 4) is 0 Å². The minimum absolute atomic E-state index is 0.0846. The van der Waals surface area contributed by atoms with Gasteiger partial charge in [0.15, 0.2) is 4.90 Å². The summed E-state index contributed by atoms with van der Waals surface area (Å²) in [6.45, 7) is 2.59. The number of halogens is 1. The third kappa shape index (κ3) is 4.95. The second-order valence-corrected chi connectivity index (χ2v) is 8.02. The monoisotopic (exact) mass is 412 g/mol. The van der Waals surface area contributed by atoms with Crippen LogP contribution >= 0.6 is 11.6 Å². The number of carbonyl (C=O) groups is 1. The molecule has 0 saturated carbocycles. The quantitative estimate of drug-likeness (QED) is 0.392. The zero-order valence-corrected chi connectivity index (χ0v) is 16.1. The third-order valence-corrected chi connectivity index (χ3v) is 5.42. The van der Waals surface area contributed by atoms with Gasteiger partial charge in [0, 0.05) is 11.1 Å². The largest absolute Gasteiger partial charge is 0.462 e. The molecular formula is C17H17ClN2O6S. The Hall–Kier alpha value is -2.65. The molecule has 0 bridgehead atoms. The number of hydrogen-bond donors (Lipinski definition) is 0. The standard InChI is InChI=1S/C17H17ClN2O6S/c1-12(2)26-17(21)11-19(14-7-5-6-13(18)10-14)27(24,25)16-9-4-3-8-15(16)20(22)23/h3-10,12H,11H2,1-2H3. The first-order valence-electron chi connectivity index (χ1n) is 7.84. The third-order valence-electron chi connectivity index (χ3n) is 3.37. The molecule has 2 aromatic rings. The summed E-state index contributed by atoms with van der Waals surface area (Å²) in [5.74, 6) is -0.799. The smallest absolute Gasteiger partial charge is 0.327 e. The number of anilines is 1. The highest BCUT2D eigenvalue weighted by molar-refractivity contribution is 7.93. The number of carbonyl (C=O) groups excluding carboxylic acids is 1. The predicted molar refractivity (Wildman–Crippen MR) is 100 cm³/mol. The maximum Gasteiger partial charge on any atom is 0.327 e. The van der Waals surface area contributed by atoms with Gasteiger partial charge in [-0.15, -0.1) is 0 Å². The highest BCUT2D eigenvalue weighted by Crippen LogP contribution is 2.30. The van der Waals surface area contributed by atoms with Gasteiger partial charge >= 0.3 is 5.97 Å². The minimum atomic E-state index is -4.45. The van der Waals surface area contributed by atoms with E-state index in [0.29, 0.717) is 0 Å². The summed E-state index contributed by atoms with van der Waals surface area (Å²) < 4.78 is 32.1. The van der Waals surface area contributed by atoms with E-state index < -0.39 is 44.1 Å². The first-order chi connectivity index (χ1) is 12.6. The Morgan fingerprint density at radius 3 is 2.48 bits per heavy atom. The molecule has 0 spiro atoms. The van der Waals surface area contributed by atoms with Crippen LogP contribution < -0.4 is 4.31 Å². The molecule has 0 saturated heterocycles. The van der Waals surface area contributed by atoms with Crippen LogP contribution in [-0.2, 0) is 19.6 Å². The molecule has 0 N–H and O–H groups in total. The van der Waals surface area contributed by atoms with E-state index in [1.165, 1.54) is 36.4 Å². The number of benzene rings is 2. The van der Waals surface area contributed by atoms with Crippen molar-refractivity contribution in [1.29, 1.82) is 0 Å². The molecule has 0 aliphatic carbocycles. The van der Waals surface area contributed by atoms with E-state index in [2.05, 4.69) is 0 Å². The molecule has 8 nitrogen and oxygen atoms in total. The predicted octanol–water partition coefficient (Wildman–Crippen LogP) is 3.40. The fourth-order valence-electron chi connectivity index (χ4n) is 2.31. The van der Waals surface area contributed by atoms with Crippen molar-refractivity contribution in [2.75, 3.05) is 10.8 Å². The van der Waals surface area contributed by atoms with Crippen molar-refractivity contribution >= 4 is 39.0 Å². The van der Waals surface area contributed by atoms with Crippen LogP contribution in [0.5, 0.6) is 0 Å². The normalized spacial score (nSPS) is 11.3. The van der Waals surface area contributed by atoms with E-state index >= 15 is 0 Å². The zero-order chi connectivity index (χ0) is 20.2. The van der Waals surface area contributed by atoms with Gasteiger partial charge in [-0.2, -0.15) is 0 Å². The molecule has 2 rings (SSSR count). The van der Waals surface area contributed by atoms with E-state index in [1.54, 1.807) is 13.8 Å². The Morgan fingerprint density at radius 1 is 1.22 bits per heavy atom. The first-order valence-corrected chi connectivity index (χ1v) is 9.66. The maximum atomic E-state index is 13.2. The van der Waals surface area contributed by atoms with Gasteiger partial charge in [-0.25, -0.2) is 8.42 Å². The van der Waals surface area contributed by atoms with Crippen molar-refractivity contribution < 1.29 is 22.9 Å². The van der Waals surface area contributed by atoms with Crippen molar-refractivity contribution in [2.24, 2.45) is 0 Å². The van der Waals surface area contributed by atoms with Crippen LogP contribution in [-0.4, -0.2) is 32.0 Å².